The molecule has 0 saturated heterocycles. The van der Waals surface area contributed by atoms with Gasteiger partial charge in [-0.3, -0.25) is 0 Å². The van der Waals surface area contributed by atoms with E-state index in [0.29, 0.717) is 0 Å². The molecule has 0 fully saturated rings. The second-order valence-electron chi connectivity index (χ2n) is 14.2. The maximum Gasteiger partial charge on any atom is 0.0314 e. The molecular formula is C53H40N2. The largest absolute Gasteiger partial charge is 0.399 e. The summed E-state index contributed by atoms with van der Waals surface area (Å²) in [6.07, 6.45) is 0.833. The molecule has 1 aliphatic carbocycles. The molecule has 8 aromatic rings. The molecule has 0 aliphatic heterocycles. The van der Waals surface area contributed by atoms with Crippen LogP contribution in [0.1, 0.15) is 28.7 Å². The van der Waals surface area contributed by atoms with Crippen LogP contribution in [-0.2, 0) is 0 Å². The molecule has 1 aliphatic rings. The fourth-order valence-electron chi connectivity index (χ4n) is 7.78. The van der Waals surface area contributed by atoms with E-state index in [-0.39, 0.29) is 0 Å². The Kier molecular flexibility index (Phi) is 8.99. The fourth-order valence-corrected chi connectivity index (χ4v) is 7.78. The number of rotatable bonds is 8. The summed E-state index contributed by atoms with van der Waals surface area (Å²) in [5, 5.41) is 0. The Balaban J connectivity index is 1.06. The summed E-state index contributed by atoms with van der Waals surface area (Å²) in [6.45, 7) is 0. The Morgan fingerprint density at radius 2 is 0.436 bits per heavy atom. The van der Waals surface area contributed by atoms with Gasteiger partial charge in [-0.15, -0.1) is 0 Å². The highest BCUT2D eigenvalue weighted by molar-refractivity contribution is 6.27. The van der Waals surface area contributed by atoms with Crippen molar-refractivity contribution in [3.8, 4) is 44.5 Å². The number of allylic oxidation sites excluding steroid dienone is 4. The van der Waals surface area contributed by atoms with Gasteiger partial charge in [0.1, 0.15) is 0 Å². The van der Waals surface area contributed by atoms with Gasteiger partial charge in [-0.25, -0.2) is 0 Å². The molecular weight excluding hydrogens is 665 g/mol. The predicted molar refractivity (Wildman–Crippen MR) is 235 cm³/mol. The lowest BCUT2D eigenvalue weighted by Gasteiger charge is -2.15. The Morgan fingerprint density at radius 1 is 0.218 bits per heavy atom. The first-order valence-electron chi connectivity index (χ1n) is 18.8. The molecule has 0 saturated carbocycles. The second kappa shape index (κ2) is 14.7. The van der Waals surface area contributed by atoms with Crippen LogP contribution in [0, 0.1) is 0 Å². The molecule has 4 N–H and O–H groups in total. The van der Waals surface area contributed by atoms with E-state index in [1.807, 2.05) is 24.3 Å². The lowest BCUT2D eigenvalue weighted by atomic mass is 9.89. The second-order valence-corrected chi connectivity index (χ2v) is 14.2. The van der Waals surface area contributed by atoms with Crippen molar-refractivity contribution in [2.75, 3.05) is 11.5 Å². The van der Waals surface area contributed by atoms with Gasteiger partial charge in [-0.2, -0.15) is 0 Å². The van der Waals surface area contributed by atoms with Gasteiger partial charge in [0.25, 0.3) is 0 Å². The third kappa shape index (κ3) is 6.90. The summed E-state index contributed by atoms with van der Waals surface area (Å²) in [6, 6.07) is 73.6. The zero-order chi connectivity index (χ0) is 37.1. The van der Waals surface area contributed by atoms with Gasteiger partial charge < -0.3 is 11.5 Å². The van der Waals surface area contributed by atoms with Crippen LogP contribution < -0.4 is 11.5 Å². The van der Waals surface area contributed by atoms with Gasteiger partial charge in [-0.1, -0.05) is 182 Å². The summed E-state index contributed by atoms with van der Waals surface area (Å²) >= 11 is 0. The first kappa shape index (κ1) is 33.7. The third-order valence-corrected chi connectivity index (χ3v) is 10.7. The number of nitrogens with two attached hydrogens (primary N) is 2. The van der Waals surface area contributed by atoms with E-state index in [0.717, 1.165) is 28.9 Å². The molecule has 0 spiro atoms. The van der Waals surface area contributed by atoms with Crippen molar-refractivity contribution in [1.29, 1.82) is 0 Å². The van der Waals surface area contributed by atoms with E-state index < -0.39 is 0 Å². The molecule has 9 rings (SSSR count). The van der Waals surface area contributed by atoms with Crippen LogP contribution in [0.2, 0.25) is 0 Å². The van der Waals surface area contributed by atoms with Crippen molar-refractivity contribution < 1.29 is 0 Å². The van der Waals surface area contributed by atoms with Crippen LogP contribution in [0.4, 0.5) is 11.4 Å². The highest BCUT2D eigenvalue weighted by Gasteiger charge is 2.28. The van der Waals surface area contributed by atoms with Crippen molar-refractivity contribution in [1.82, 2.24) is 0 Å². The number of hydrogen-bond donors (Lipinski definition) is 2. The topological polar surface area (TPSA) is 52.0 Å². The number of hydrogen-bond acceptors (Lipinski definition) is 2. The number of nitrogen functional groups attached to an aromatic ring is 2. The van der Waals surface area contributed by atoms with Crippen LogP contribution in [0.15, 0.2) is 206 Å². The monoisotopic (exact) mass is 704 g/mol. The summed E-state index contributed by atoms with van der Waals surface area (Å²) < 4.78 is 0. The van der Waals surface area contributed by atoms with Gasteiger partial charge in [0, 0.05) is 11.4 Å². The molecule has 0 bridgehead atoms. The van der Waals surface area contributed by atoms with Gasteiger partial charge in [0.15, 0.2) is 0 Å². The van der Waals surface area contributed by atoms with Gasteiger partial charge in [0.2, 0.25) is 0 Å². The molecule has 55 heavy (non-hydrogen) atoms. The molecule has 2 nitrogen and oxygen atoms in total. The van der Waals surface area contributed by atoms with Gasteiger partial charge in [0.05, 0.1) is 0 Å². The van der Waals surface area contributed by atoms with Gasteiger partial charge >= 0.3 is 0 Å². The summed E-state index contributed by atoms with van der Waals surface area (Å²) in [5.74, 6) is 0. The number of benzene rings is 8. The zero-order valence-corrected chi connectivity index (χ0v) is 30.5. The zero-order valence-electron chi connectivity index (χ0n) is 30.5. The first-order chi connectivity index (χ1) is 27.1. The van der Waals surface area contributed by atoms with E-state index in [2.05, 4.69) is 182 Å². The molecule has 0 amide bonds. The minimum absolute atomic E-state index is 0.776. The molecule has 262 valence electrons. The van der Waals surface area contributed by atoms with Crippen LogP contribution in [0.3, 0.4) is 0 Å². The van der Waals surface area contributed by atoms with Crippen LogP contribution >= 0.6 is 0 Å². The summed E-state index contributed by atoms with van der Waals surface area (Å²) in [4.78, 5) is 0. The number of anilines is 2. The first-order valence-corrected chi connectivity index (χ1v) is 18.8. The van der Waals surface area contributed by atoms with Gasteiger partial charge in [-0.05, 0) is 120 Å². The molecule has 8 aromatic carbocycles. The Labute approximate surface area is 323 Å². The standard InChI is InChI=1S/C53H40N2/c54-48-31-27-42(28-32-48)38-15-11-36(12-16-38)40-19-23-44(24-20-40)50-35-51(53(47-9-5-2-6-10-47)52(50)46-7-3-1-4-8-46)45-25-21-41(22-26-45)37-13-17-39(18-14-37)43-29-33-49(55)34-30-43/h1-34H,35,54-55H2. The average molecular weight is 705 g/mol. The maximum absolute atomic E-state index is 5.92. The van der Waals surface area contributed by atoms with Crippen molar-refractivity contribution in [3.63, 3.8) is 0 Å². The quantitative estimate of drug-likeness (QED) is 0.155. The Bertz CT molecular complexity index is 2440. The fraction of sp³-hybridized carbons (Fsp3) is 0.0189. The van der Waals surface area contributed by atoms with Crippen molar-refractivity contribution in [3.05, 3.63) is 229 Å². The molecule has 2 heteroatoms. The lowest BCUT2D eigenvalue weighted by Crippen LogP contribution is -1.92. The normalized spacial score (nSPS) is 12.7. The van der Waals surface area contributed by atoms with E-state index in [1.165, 1.54) is 77.9 Å². The van der Waals surface area contributed by atoms with Crippen molar-refractivity contribution in [2.45, 2.75) is 6.42 Å². The smallest absolute Gasteiger partial charge is 0.0314 e. The van der Waals surface area contributed by atoms with E-state index >= 15 is 0 Å². The predicted octanol–water partition coefficient (Wildman–Crippen LogP) is 13.4. The summed E-state index contributed by atoms with van der Waals surface area (Å²) in [5.41, 5.74) is 33.0. The van der Waals surface area contributed by atoms with E-state index in [4.69, 9.17) is 11.5 Å². The SMILES string of the molecule is Nc1ccc(-c2ccc(-c3ccc(C4=C(c5ccccc5)C(c5ccccc5)=C(c5ccc(-c6ccc(-c7ccc(N)cc7)cc6)cc5)C4)cc3)cc2)cc1. The Hall–Kier alpha value is -7.16. The van der Waals surface area contributed by atoms with Crippen molar-refractivity contribution >= 4 is 33.7 Å². The van der Waals surface area contributed by atoms with Crippen LogP contribution in [0.5, 0.6) is 0 Å². The molecule has 0 heterocycles. The Morgan fingerprint density at radius 3 is 0.691 bits per heavy atom. The van der Waals surface area contributed by atoms with Crippen LogP contribution in [0.25, 0.3) is 66.8 Å². The third-order valence-electron chi connectivity index (χ3n) is 10.7. The lowest BCUT2D eigenvalue weighted by molar-refractivity contribution is 1.42. The highest BCUT2D eigenvalue weighted by atomic mass is 14.5. The summed E-state index contributed by atoms with van der Waals surface area (Å²) in [7, 11) is 0. The minimum atomic E-state index is 0.776. The van der Waals surface area contributed by atoms with E-state index in [9.17, 15) is 0 Å². The highest BCUT2D eigenvalue weighted by Crippen LogP contribution is 2.52. The molecule has 0 aromatic heterocycles. The van der Waals surface area contributed by atoms with Crippen LogP contribution in [-0.4, -0.2) is 0 Å². The van der Waals surface area contributed by atoms with Crippen molar-refractivity contribution in [2.24, 2.45) is 0 Å². The van der Waals surface area contributed by atoms with E-state index in [1.54, 1.807) is 0 Å². The minimum Gasteiger partial charge on any atom is -0.399 e. The molecule has 0 unspecified atom stereocenters. The molecule has 0 radical (unpaired) electrons. The molecule has 0 atom stereocenters. The maximum atomic E-state index is 5.92. The average Bonchev–Trinajstić information content (AvgIpc) is 3.66.